The molecular weight excluding hydrogens is 460 g/mol. The Balaban J connectivity index is 1.26. The SMILES string of the molecule is CCc1ccc(C2CC(c3nc(-c4ccc5c(c4)OCO5)no3)CN(C(=O)N3CCOCC3)C2)cc1. The number of fused-ring (bicyclic) bond motifs is 1. The van der Waals surface area contributed by atoms with Gasteiger partial charge in [-0.25, -0.2) is 4.79 Å². The largest absolute Gasteiger partial charge is 0.454 e. The summed E-state index contributed by atoms with van der Waals surface area (Å²) >= 11 is 0. The van der Waals surface area contributed by atoms with Gasteiger partial charge in [0.25, 0.3) is 0 Å². The van der Waals surface area contributed by atoms with E-state index in [0.717, 1.165) is 18.4 Å². The molecule has 2 amide bonds. The number of urea groups is 1. The minimum Gasteiger partial charge on any atom is -0.454 e. The van der Waals surface area contributed by atoms with E-state index in [4.69, 9.17) is 23.7 Å². The van der Waals surface area contributed by atoms with Gasteiger partial charge in [-0.3, -0.25) is 0 Å². The van der Waals surface area contributed by atoms with Crippen molar-refractivity contribution in [3.8, 4) is 22.9 Å². The van der Waals surface area contributed by atoms with Gasteiger partial charge in [-0.2, -0.15) is 4.98 Å². The lowest BCUT2D eigenvalue weighted by Gasteiger charge is -2.40. The van der Waals surface area contributed by atoms with E-state index in [1.54, 1.807) is 0 Å². The van der Waals surface area contributed by atoms with Crippen molar-refractivity contribution in [2.45, 2.75) is 31.6 Å². The maximum absolute atomic E-state index is 13.4. The number of benzene rings is 2. The summed E-state index contributed by atoms with van der Waals surface area (Å²) in [4.78, 5) is 22.0. The smallest absolute Gasteiger partial charge is 0.320 e. The average molecular weight is 491 g/mol. The van der Waals surface area contributed by atoms with Gasteiger partial charge < -0.3 is 28.5 Å². The fourth-order valence-electron chi connectivity index (χ4n) is 5.21. The predicted molar refractivity (Wildman–Crippen MR) is 131 cm³/mol. The Bertz CT molecular complexity index is 1220. The molecule has 0 aliphatic carbocycles. The molecule has 0 bridgehead atoms. The standard InChI is InChI=1S/C27H30N4O5/c1-2-18-3-5-19(6-4-18)21-13-22(16-31(15-21)27(32)30-9-11-33-12-10-30)26-28-25(29-36-26)20-7-8-23-24(14-20)35-17-34-23/h3-8,14,21-22H,2,9-13,15-17H2,1H3. The molecule has 0 N–H and O–H groups in total. The molecule has 0 radical (unpaired) electrons. The zero-order chi connectivity index (χ0) is 24.5. The van der Waals surface area contributed by atoms with Crippen LogP contribution in [-0.4, -0.2) is 72.2 Å². The number of ether oxygens (including phenoxy) is 3. The highest BCUT2D eigenvalue weighted by molar-refractivity contribution is 5.75. The van der Waals surface area contributed by atoms with Gasteiger partial charge in [0.1, 0.15) is 0 Å². The average Bonchev–Trinajstić information content (AvgIpc) is 3.63. The maximum Gasteiger partial charge on any atom is 0.320 e. The molecule has 1 aromatic heterocycles. The van der Waals surface area contributed by atoms with E-state index < -0.39 is 0 Å². The molecule has 2 unspecified atom stereocenters. The number of carbonyl (C=O) groups is 1. The van der Waals surface area contributed by atoms with Gasteiger partial charge in [-0.1, -0.05) is 36.3 Å². The number of hydrogen-bond donors (Lipinski definition) is 0. The summed E-state index contributed by atoms with van der Waals surface area (Å²) < 4.78 is 22.1. The van der Waals surface area contributed by atoms with Crippen molar-refractivity contribution in [1.82, 2.24) is 19.9 Å². The Kier molecular flexibility index (Phi) is 6.23. The van der Waals surface area contributed by atoms with Gasteiger partial charge in [0.2, 0.25) is 18.5 Å². The monoisotopic (exact) mass is 490 g/mol. The number of aromatic nitrogens is 2. The fraction of sp³-hybridized carbons (Fsp3) is 0.444. The van der Waals surface area contributed by atoms with E-state index in [2.05, 4.69) is 36.3 Å². The predicted octanol–water partition coefficient (Wildman–Crippen LogP) is 4.05. The highest BCUT2D eigenvalue weighted by Crippen LogP contribution is 2.38. The molecule has 9 nitrogen and oxygen atoms in total. The number of morpholine rings is 1. The summed E-state index contributed by atoms with van der Waals surface area (Å²) in [6.45, 7) is 5.97. The Morgan fingerprint density at radius 3 is 2.56 bits per heavy atom. The third-order valence-electron chi connectivity index (χ3n) is 7.28. The molecule has 3 aliphatic rings. The van der Waals surface area contributed by atoms with Crippen molar-refractivity contribution in [3.63, 3.8) is 0 Å². The van der Waals surface area contributed by atoms with Crippen molar-refractivity contribution in [2.75, 3.05) is 46.2 Å². The molecule has 2 fully saturated rings. The van der Waals surface area contributed by atoms with Crippen LogP contribution < -0.4 is 9.47 Å². The van der Waals surface area contributed by atoms with Crippen LogP contribution in [0.3, 0.4) is 0 Å². The highest BCUT2D eigenvalue weighted by atomic mass is 16.7. The minimum absolute atomic E-state index is 0.0497. The molecule has 6 rings (SSSR count). The Morgan fingerprint density at radius 2 is 1.75 bits per heavy atom. The third-order valence-corrected chi connectivity index (χ3v) is 7.28. The molecule has 0 saturated carbocycles. The van der Waals surface area contributed by atoms with Gasteiger partial charge >= 0.3 is 6.03 Å². The lowest BCUT2D eigenvalue weighted by molar-refractivity contribution is 0.0392. The molecule has 3 aliphatic heterocycles. The topological polar surface area (TPSA) is 90.2 Å². The van der Waals surface area contributed by atoms with Crippen molar-refractivity contribution in [3.05, 3.63) is 59.5 Å². The first-order valence-electron chi connectivity index (χ1n) is 12.6. The van der Waals surface area contributed by atoms with E-state index in [9.17, 15) is 4.79 Å². The summed E-state index contributed by atoms with van der Waals surface area (Å²) in [5, 5.41) is 4.25. The quantitative estimate of drug-likeness (QED) is 0.545. The molecule has 2 aromatic carbocycles. The Labute approximate surface area is 209 Å². The van der Waals surface area contributed by atoms with Crippen molar-refractivity contribution < 1.29 is 23.5 Å². The van der Waals surface area contributed by atoms with Gasteiger partial charge in [0.15, 0.2) is 11.5 Å². The molecule has 2 atom stereocenters. The molecule has 2 saturated heterocycles. The van der Waals surface area contributed by atoms with Crippen LogP contribution >= 0.6 is 0 Å². The van der Waals surface area contributed by atoms with Gasteiger partial charge in [0, 0.05) is 37.7 Å². The molecule has 0 spiro atoms. The summed E-state index contributed by atoms with van der Waals surface area (Å²) in [5.41, 5.74) is 3.34. The highest BCUT2D eigenvalue weighted by Gasteiger charge is 2.36. The summed E-state index contributed by atoms with van der Waals surface area (Å²) in [5.74, 6) is 2.56. The second kappa shape index (κ2) is 9.81. The summed E-state index contributed by atoms with van der Waals surface area (Å²) in [6, 6.07) is 14.4. The van der Waals surface area contributed by atoms with Crippen LogP contribution in [0.1, 0.15) is 42.2 Å². The second-order valence-corrected chi connectivity index (χ2v) is 9.54. The number of carbonyl (C=O) groups excluding carboxylic acids is 1. The lowest BCUT2D eigenvalue weighted by Crippen LogP contribution is -2.52. The number of aryl methyl sites for hydroxylation is 1. The first-order valence-corrected chi connectivity index (χ1v) is 12.6. The molecule has 9 heteroatoms. The zero-order valence-corrected chi connectivity index (χ0v) is 20.4. The maximum atomic E-state index is 13.4. The van der Waals surface area contributed by atoms with Gasteiger partial charge in [0.05, 0.1) is 19.1 Å². The van der Waals surface area contributed by atoms with Crippen LogP contribution in [0.5, 0.6) is 11.5 Å². The van der Waals surface area contributed by atoms with Crippen LogP contribution in [0.2, 0.25) is 0 Å². The number of rotatable bonds is 4. The number of hydrogen-bond acceptors (Lipinski definition) is 7. The summed E-state index contributed by atoms with van der Waals surface area (Å²) in [7, 11) is 0. The summed E-state index contributed by atoms with van der Waals surface area (Å²) in [6.07, 6.45) is 1.83. The van der Waals surface area contributed by atoms with Crippen LogP contribution in [0.4, 0.5) is 4.79 Å². The first-order chi connectivity index (χ1) is 17.7. The molecule has 4 heterocycles. The lowest BCUT2D eigenvalue weighted by atomic mass is 9.84. The van der Waals surface area contributed by atoms with E-state index in [-0.39, 0.29) is 24.7 Å². The van der Waals surface area contributed by atoms with E-state index in [1.165, 1.54) is 11.1 Å². The Hall–Kier alpha value is -3.59. The normalized spacial score (nSPS) is 21.6. The Morgan fingerprint density at radius 1 is 0.972 bits per heavy atom. The van der Waals surface area contributed by atoms with E-state index in [1.807, 2.05) is 28.0 Å². The first kappa shape index (κ1) is 22.8. The molecule has 188 valence electrons. The number of likely N-dealkylation sites (tertiary alicyclic amines) is 1. The minimum atomic E-state index is -0.0603. The number of piperidine rings is 1. The van der Waals surface area contributed by atoms with Crippen molar-refractivity contribution in [1.29, 1.82) is 0 Å². The molecule has 3 aromatic rings. The van der Waals surface area contributed by atoms with Crippen LogP contribution in [0, 0.1) is 0 Å². The third kappa shape index (κ3) is 4.51. The number of amides is 2. The van der Waals surface area contributed by atoms with Gasteiger partial charge in [-0.15, -0.1) is 0 Å². The van der Waals surface area contributed by atoms with Gasteiger partial charge in [-0.05, 0) is 42.2 Å². The van der Waals surface area contributed by atoms with Crippen molar-refractivity contribution >= 4 is 6.03 Å². The van der Waals surface area contributed by atoms with E-state index >= 15 is 0 Å². The molecular formula is C27H30N4O5. The molecule has 36 heavy (non-hydrogen) atoms. The van der Waals surface area contributed by atoms with Crippen molar-refractivity contribution in [2.24, 2.45) is 0 Å². The second-order valence-electron chi connectivity index (χ2n) is 9.54. The fourth-order valence-corrected chi connectivity index (χ4v) is 5.21. The van der Waals surface area contributed by atoms with Crippen LogP contribution in [0.25, 0.3) is 11.4 Å². The van der Waals surface area contributed by atoms with Crippen LogP contribution in [-0.2, 0) is 11.2 Å². The zero-order valence-electron chi connectivity index (χ0n) is 20.4. The number of nitrogens with zero attached hydrogens (tertiary/aromatic N) is 4. The van der Waals surface area contributed by atoms with E-state index in [0.29, 0.717) is 62.6 Å². The van der Waals surface area contributed by atoms with Crippen LogP contribution in [0.15, 0.2) is 47.0 Å².